The number of aryl methyl sites for hydroxylation is 1. The summed E-state index contributed by atoms with van der Waals surface area (Å²) in [5.74, 6) is -2.75. The minimum absolute atomic E-state index is 0.143. The number of aromatic carboxylic acids is 1. The molecule has 0 spiro atoms. The number of para-hydroxylation sites is 1. The Morgan fingerprint density at radius 2 is 1.76 bits per heavy atom. The zero-order chi connectivity index (χ0) is 33.1. The largest absolute Gasteiger partial charge is 0.478 e. The Morgan fingerprint density at radius 1 is 1.11 bits per heavy atom. The first-order valence-corrected chi connectivity index (χ1v) is 13.9. The first-order valence-electron chi connectivity index (χ1n) is 13.3. The number of nitrogens with one attached hydrogen (secondary N) is 1. The number of alkyl halides is 2. The molecule has 2 unspecified atom stereocenters. The number of hydrogen-bond donors (Lipinski definition) is 3. The highest BCUT2D eigenvalue weighted by Crippen LogP contribution is 2.33. The molecule has 0 amide bonds. The number of benzene rings is 3. The first kappa shape index (κ1) is 32.5. The maximum absolute atomic E-state index is 13.5. The highest BCUT2D eigenvalue weighted by molar-refractivity contribution is 7.20. The van der Waals surface area contributed by atoms with Gasteiger partial charge in [0, 0.05) is 23.0 Å². The van der Waals surface area contributed by atoms with Crippen LogP contribution in [-0.4, -0.2) is 37.6 Å². The van der Waals surface area contributed by atoms with E-state index in [4.69, 9.17) is 14.8 Å². The van der Waals surface area contributed by atoms with Gasteiger partial charge < -0.3 is 19.9 Å². The average molecular weight is 633 g/mol. The molecule has 0 bridgehead atoms. The van der Waals surface area contributed by atoms with Gasteiger partial charge in [-0.3, -0.25) is 4.79 Å². The number of carboxylic acids is 2. The Balaban J connectivity index is 0.000000591. The second kappa shape index (κ2) is 13.1. The highest BCUT2D eigenvalue weighted by atomic mass is 31.0. The number of nitrogens with zero attached hydrogens (tertiary/aromatic N) is 3. The van der Waals surface area contributed by atoms with Crippen molar-refractivity contribution in [2.24, 2.45) is 0 Å². The third-order valence-electron chi connectivity index (χ3n) is 6.78. The summed E-state index contributed by atoms with van der Waals surface area (Å²) in [5, 5.41) is 34.3. The number of anilines is 1. The minimum atomic E-state index is -3.67. The van der Waals surface area contributed by atoms with Gasteiger partial charge >= 0.3 is 17.6 Å². The molecule has 2 aromatic heterocycles. The number of carbonyl (C=O) groups is 2. The van der Waals surface area contributed by atoms with Crippen LogP contribution in [0.4, 0.5) is 14.5 Å². The number of rotatable bonds is 7. The van der Waals surface area contributed by atoms with Gasteiger partial charge in [-0.2, -0.15) is 19.1 Å². The van der Waals surface area contributed by atoms with Gasteiger partial charge in [-0.05, 0) is 78.0 Å². The Labute approximate surface area is 257 Å². The Morgan fingerprint density at radius 3 is 2.36 bits per heavy atom. The molecule has 3 aromatic carbocycles. The lowest BCUT2D eigenvalue weighted by atomic mass is 9.99. The molecule has 3 N–H and O–H groups in total. The fraction of sp³-hybridized carbons (Fsp3) is 0.156. The van der Waals surface area contributed by atoms with E-state index in [0.717, 1.165) is 26.1 Å². The molecule has 2 heterocycles. The average Bonchev–Trinajstić information content (AvgIpc) is 3.49. The predicted octanol–water partition coefficient (Wildman–Crippen LogP) is 6.54. The fourth-order valence-electron chi connectivity index (χ4n) is 4.54. The van der Waals surface area contributed by atoms with Crippen molar-refractivity contribution >= 4 is 37.8 Å². The lowest BCUT2D eigenvalue weighted by molar-refractivity contribution is -0.153. The van der Waals surface area contributed by atoms with Crippen LogP contribution < -0.4 is 10.7 Å². The van der Waals surface area contributed by atoms with Crippen molar-refractivity contribution in [1.82, 2.24) is 9.78 Å². The van der Waals surface area contributed by atoms with Gasteiger partial charge in [0.15, 0.2) is 5.43 Å². The van der Waals surface area contributed by atoms with E-state index in [1.54, 1.807) is 78.6 Å². The number of fused-ring (bicyclic) bond motifs is 1. The first-order chi connectivity index (χ1) is 21.2. The molecule has 0 fully saturated rings. The van der Waals surface area contributed by atoms with E-state index < -0.39 is 17.6 Å². The second-order valence-corrected chi connectivity index (χ2v) is 10.8. The quantitative estimate of drug-likeness (QED) is 0.169. The number of aromatic nitrogens is 2. The normalized spacial score (nSPS) is 11.7. The number of aliphatic carboxylic acids is 1. The van der Waals surface area contributed by atoms with E-state index in [2.05, 4.69) is 16.5 Å². The van der Waals surface area contributed by atoms with Gasteiger partial charge in [-0.1, -0.05) is 18.2 Å². The summed E-state index contributed by atoms with van der Waals surface area (Å²) in [6.45, 7) is 5.53. The third kappa shape index (κ3) is 7.22. The molecule has 10 nitrogen and oxygen atoms in total. The SMILES string of the molecule is Cc1cc(C(C)Nc2ccccc2C(=O)O)c2oc(-c3cnn(-c4ccc(C#N)cc4)c3)c(C)c(=O)c2c1.O=C(O)C(F)(F)P. The van der Waals surface area contributed by atoms with Crippen LogP contribution in [0, 0.1) is 25.2 Å². The van der Waals surface area contributed by atoms with Crippen LogP contribution in [0.5, 0.6) is 0 Å². The molecule has 13 heteroatoms. The van der Waals surface area contributed by atoms with Crippen LogP contribution >= 0.6 is 9.24 Å². The summed E-state index contributed by atoms with van der Waals surface area (Å²) >= 11 is 0. The number of halogens is 2. The molecule has 0 aliphatic rings. The van der Waals surface area contributed by atoms with Crippen molar-refractivity contribution < 1.29 is 33.0 Å². The molecule has 0 saturated carbocycles. The maximum Gasteiger partial charge on any atom is 0.378 e. The molecular weight excluding hydrogens is 605 g/mol. The molecular formula is C32H27F2N4O6P. The molecule has 2 atom stereocenters. The summed E-state index contributed by atoms with van der Waals surface area (Å²) in [4.78, 5) is 34.4. The zero-order valence-electron chi connectivity index (χ0n) is 24.2. The monoisotopic (exact) mass is 632 g/mol. The van der Waals surface area contributed by atoms with E-state index in [1.807, 2.05) is 19.9 Å². The molecule has 45 heavy (non-hydrogen) atoms. The Kier molecular flexibility index (Phi) is 9.45. The molecule has 5 aromatic rings. The van der Waals surface area contributed by atoms with Crippen LogP contribution in [-0.2, 0) is 4.79 Å². The van der Waals surface area contributed by atoms with Gasteiger partial charge in [0.25, 0.3) is 0 Å². The molecule has 230 valence electrons. The standard InChI is InChI=1S/C30H24N4O4.C2H3F2O2P/c1-17-12-24(19(3)33-26-7-5-4-6-23(26)30(36)37)29-25(13-17)27(35)18(2)28(38-29)21-15-32-34(16-21)22-10-8-20(14-31)9-11-22;3-2(4,7)1(5)6/h4-13,15-16,19,33H,1-3H3,(H,36,37);7H2,(H,5,6). The number of nitriles is 1. The Bertz CT molecular complexity index is 2010. The second-order valence-electron chi connectivity index (χ2n) is 10.1. The van der Waals surface area contributed by atoms with Crippen LogP contribution in [0.15, 0.2) is 82.3 Å². The maximum atomic E-state index is 13.5. The van der Waals surface area contributed by atoms with Crippen LogP contribution in [0.3, 0.4) is 0 Å². The van der Waals surface area contributed by atoms with Gasteiger partial charge in [0.1, 0.15) is 11.3 Å². The van der Waals surface area contributed by atoms with E-state index in [0.29, 0.717) is 39.1 Å². The van der Waals surface area contributed by atoms with Crippen molar-refractivity contribution in [3.8, 4) is 23.1 Å². The van der Waals surface area contributed by atoms with Gasteiger partial charge in [-0.25, -0.2) is 14.3 Å². The smallest absolute Gasteiger partial charge is 0.378 e. The van der Waals surface area contributed by atoms with Crippen molar-refractivity contribution in [3.05, 3.63) is 111 Å². The lowest BCUT2D eigenvalue weighted by Gasteiger charge is -2.19. The molecule has 5 rings (SSSR count). The van der Waals surface area contributed by atoms with Crippen LogP contribution in [0.25, 0.3) is 28.0 Å². The lowest BCUT2D eigenvalue weighted by Crippen LogP contribution is -2.18. The summed E-state index contributed by atoms with van der Waals surface area (Å²) in [6.07, 6.45) is 3.41. The molecule has 0 radical (unpaired) electrons. The van der Waals surface area contributed by atoms with E-state index in [1.165, 1.54) is 0 Å². The Hall–Kier alpha value is -5.40. The summed E-state index contributed by atoms with van der Waals surface area (Å²) in [5.41, 5.74) is 1.29. The van der Waals surface area contributed by atoms with Gasteiger partial charge in [0.05, 0.1) is 46.1 Å². The van der Waals surface area contributed by atoms with Crippen molar-refractivity contribution in [2.45, 2.75) is 32.5 Å². The molecule has 0 aliphatic heterocycles. The topological polar surface area (TPSA) is 158 Å². The van der Waals surface area contributed by atoms with E-state index >= 15 is 0 Å². The summed E-state index contributed by atoms with van der Waals surface area (Å²) in [6, 6.07) is 19.2. The summed E-state index contributed by atoms with van der Waals surface area (Å²) < 4.78 is 30.5. The van der Waals surface area contributed by atoms with Gasteiger partial charge in [-0.15, -0.1) is 0 Å². The number of hydrogen-bond acceptors (Lipinski definition) is 7. The fourth-order valence-corrected chi connectivity index (χ4v) is 4.54. The van der Waals surface area contributed by atoms with Crippen LogP contribution in [0.1, 0.15) is 45.6 Å². The summed E-state index contributed by atoms with van der Waals surface area (Å²) in [7, 11) is 0.898. The number of carboxylic acid groups (broad SMARTS) is 2. The van der Waals surface area contributed by atoms with E-state index in [9.17, 15) is 28.3 Å². The van der Waals surface area contributed by atoms with Crippen molar-refractivity contribution in [3.63, 3.8) is 0 Å². The van der Waals surface area contributed by atoms with Crippen LogP contribution in [0.2, 0.25) is 0 Å². The van der Waals surface area contributed by atoms with Crippen molar-refractivity contribution in [2.75, 3.05) is 5.32 Å². The minimum Gasteiger partial charge on any atom is -0.478 e. The highest BCUT2D eigenvalue weighted by Gasteiger charge is 2.31. The third-order valence-corrected chi connectivity index (χ3v) is 7.03. The van der Waals surface area contributed by atoms with Crippen molar-refractivity contribution in [1.29, 1.82) is 5.26 Å². The van der Waals surface area contributed by atoms with Gasteiger partial charge in [0.2, 0.25) is 0 Å². The molecule has 0 aliphatic carbocycles. The zero-order valence-corrected chi connectivity index (χ0v) is 25.4. The van der Waals surface area contributed by atoms with E-state index in [-0.39, 0.29) is 17.0 Å². The molecule has 0 saturated heterocycles. The predicted molar refractivity (Wildman–Crippen MR) is 167 cm³/mol.